The second kappa shape index (κ2) is 10.4. The van der Waals surface area contributed by atoms with Crippen LogP contribution in [0.3, 0.4) is 0 Å². The van der Waals surface area contributed by atoms with Gasteiger partial charge in [0.15, 0.2) is 6.10 Å². The largest absolute Gasteiger partial charge is 0.448 e. The Morgan fingerprint density at radius 1 is 0.944 bits per heavy atom. The van der Waals surface area contributed by atoms with Crippen molar-refractivity contribution in [2.75, 3.05) is 5.75 Å². The summed E-state index contributed by atoms with van der Waals surface area (Å²) in [7, 11) is 0. The molecule has 0 N–H and O–H groups in total. The summed E-state index contributed by atoms with van der Waals surface area (Å²) in [4.78, 5) is 42.4. The molecule has 2 aliphatic heterocycles. The fraction of sp³-hybridized carbons (Fsp3) is 0.207. The number of esters is 1. The van der Waals surface area contributed by atoms with Crippen LogP contribution in [0.1, 0.15) is 29.7 Å². The lowest BCUT2D eigenvalue weighted by atomic mass is 10.0. The van der Waals surface area contributed by atoms with E-state index in [2.05, 4.69) is 0 Å². The van der Waals surface area contributed by atoms with Crippen molar-refractivity contribution in [2.45, 2.75) is 31.0 Å². The van der Waals surface area contributed by atoms with Crippen LogP contribution in [0.25, 0.3) is 0 Å². The fourth-order valence-corrected chi connectivity index (χ4v) is 5.86. The van der Waals surface area contributed by atoms with E-state index in [0.29, 0.717) is 12.3 Å². The topological polar surface area (TPSA) is 66.9 Å². The van der Waals surface area contributed by atoms with Gasteiger partial charge >= 0.3 is 5.97 Å². The zero-order valence-corrected chi connectivity index (χ0v) is 20.6. The Hall–Kier alpha value is -3.84. The number of thioether (sulfide) groups is 1. The van der Waals surface area contributed by atoms with Crippen molar-refractivity contribution in [1.29, 1.82) is 0 Å². The molecule has 5 rings (SSSR count). The molecule has 3 aromatic rings. The summed E-state index contributed by atoms with van der Waals surface area (Å²) in [5, 5.41) is -0.329. The van der Waals surface area contributed by atoms with Crippen LogP contribution in [0.4, 0.5) is 0 Å². The standard InChI is InChI=1S/C29H26N2O4S/c1-20(32)30(19-21-11-5-2-6-12-21)25-27(33)31-24(17-18-36-28(25)31)29(34)35-26(22-13-7-3-8-14-22)23-15-9-4-10-16-23/h2-17,25-26,28H,18-19H2,1H3/t25-,28+/m1/s1. The van der Waals surface area contributed by atoms with Gasteiger partial charge in [-0.15, -0.1) is 11.8 Å². The molecule has 0 bridgehead atoms. The van der Waals surface area contributed by atoms with Gasteiger partial charge in [-0.2, -0.15) is 0 Å². The monoisotopic (exact) mass is 498 g/mol. The maximum Gasteiger partial charge on any atom is 0.355 e. The molecule has 0 unspecified atom stereocenters. The van der Waals surface area contributed by atoms with Gasteiger partial charge in [0.25, 0.3) is 5.91 Å². The maximum atomic E-state index is 13.4. The van der Waals surface area contributed by atoms with E-state index in [9.17, 15) is 14.4 Å². The van der Waals surface area contributed by atoms with E-state index in [1.54, 1.807) is 22.7 Å². The van der Waals surface area contributed by atoms with E-state index in [1.165, 1.54) is 11.8 Å². The SMILES string of the molecule is CC(=O)N(Cc1ccccc1)[C@@H]1C(=O)N2C(C(=O)OC(c3ccccc3)c3ccccc3)=CCS[C@@H]12. The van der Waals surface area contributed by atoms with Gasteiger partial charge in [0.1, 0.15) is 17.1 Å². The number of carbonyl (C=O) groups excluding carboxylic acids is 3. The first kappa shape index (κ1) is 23.9. The Morgan fingerprint density at radius 2 is 1.50 bits per heavy atom. The van der Waals surface area contributed by atoms with Gasteiger partial charge in [-0.25, -0.2) is 4.79 Å². The van der Waals surface area contributed by atoms with Crippen LogP contribution in [0.2, 0.25) is 0 Å². The van der Waals surface area contributed by atoms with Crippen LogP contribution in [0.5, 0.6) is 0 Å². The van der Waals surface area contributed by atoms with Crippen LogP contribution >= 0.6 is 11.8 Å². The number of rotatable bonds is 7. The first-order valence-corrected chi connectivity index (χ1v) is 12.9. The summed E-state index contributed by atoms with van der Waals surface area (Å²) in [5.41, 5.74) is 2.87. The molecule has 0 aliphatic carbocycles. The van der Waals surface area contributed by atoms with Gasteiger partial charge in [-0.05, 0) is 22.8 Å². The molecule has 2 atom stereocenters. The minimum atomic E-state index is -0.622. The quantitative estimate of drug-likeness (QED) is 0.354. The van der Waals surface area contributed by atoms with E-state index in [0.717, 1.165) is 16.7 Å². The highest BCUT2D eigenvalue weighted by Crippen LogP contribution is 2.41. The fourth-order valence-electron chi connectivity index (χ4n) is 4.60. The smallest absolute Gasteiger partial charge is 0.355 e. The molecular weight excluding hydrogens is 472 g/mol. The van der Waals surface area contributed by atoms with Crippen molar-refractivity contribution >= 4 is 29.5 Å². The predicted molar refractivity (Wildman–Crippen MR) is 138 cm³/mol. The second-order valence-corrected chi connectivity index (χ2v) is 9.86. The van der Waals surface area contributed by atoms with Crippen LogP contribution in [0, 0.1) is 0 Å². The second-order valence-electron chi connectivity index (χ2n) is 8.71. The lowest BCUT2D eigenvalue weighted by Gasteiger charge is -2.52. The molecular formula is C29H26N2O4S. The first-order valence-electron chi connectivity index (χ1n) is 11.8. The molecule has 182 valence electrons. The minimum absolute atomic E-state index is 0.177. The average molecular weight is 499 g/mol. The van der Waals surface area contributed by atoms with Gasteiger partial charge in [-0.3, -0.25) is 14.5 Å². The third kappa shape index (κ3) is 4.66. The van der Waals surface area contributed by atoms with Gasteiger partial charge in [0.05, 0.1) is 0 Å². The normalized spacial score (nSPS) is 18.7. The van der Waals surface area contributed by atoms with Crippen molar-refractivity contribution in [3.63, 3.8) is 0 Å². The van der Waals surface area contributed by atoms with Gasteiger partial charge in [0.2, 0.25) is 5.91 Å². The van der Waals surface area contributed by atoms with Gasteiger partial charge < -0.3 is 9.64 Å². The van der Waals surface area contributed by atoms with E-state index in [1.807, 2.05) is 91.0 Å². The Kier molecular flexibility index (Phi) is 6.91. The highest BCUT2D eigenvalue weighted by atomic mass is 32.2. The van der Waals surface area contributed by atoms with E-state index >= 15 is 0 Å². The summed E-state index contributed by atoms with van der Waals surface area (Å²) < 4.78 is 6.01. The molecule has 0 spiro atoms. The molecule has 2 amide bonds. The molecule has 0 radical (unpaired) electrons. The zero-order valence-electron chi connectivity index (χ0n) is 19.8. The van der Waals surface area contributed by atoms with Gasteiger partial charge in [0, 0.05) is 19.2 Å². The van der Waals surface area contributed by atoms with Crippen molar-refractivity contribution < 1.29 is 19.1 Å². The number of hydrogen-bond acceptors (Lipinski definition) is 5. The van der Waals surface area contributed by atoms with Crippen molar-refractivity contribution in [3.8, 4) is 0 Å². The zero-order chi connectivity index (χ0) is 25.1. The summed E-state index contributed by atoms with van der Waals surface area (Å²) in [6, 6.07) is 28.1. The molecule has 2 heterocycles. The number of amides is 2. The molecule has 0 aromatic heterocycles. The molecule has 7 heteroatoms. The number of benzene rings is 3. The predicted octanol–water partition coefficient (Wildman–Crippen LogP) is 4.54. The van der Waals surface area contributed by atoms with Crippen LogP contribution < -0.4 is 0 Å². The van der Waals surface area contributed by atoms with Gasteiger partial charge in [-0.1, -0.05) is 91.0 Å². The maximum absolute atomic E-state index is 13.4. The average Bonchev–Trinajstić information content (AvgIpc) is 2.92. The Balaban J connectivity index is 1.36. The number of β-lactam (4-membered cyclic amide) rings is 1. The number of fused-ring (bicyclic) bond motifs is 1. The highest BCUT2D eigenvalue weighted by molar-refractivity contribution is 8.00. The lowest BCUT2D eigenvalue weighted by Crippen LogP contribution is -2.70. The molecule has 1 fully saturated rings. The third-order valence-electron chi connectivity index (χ3n) is 6.39. The van der Waals surface area contributed by atoms with Crippen LogP contribution in [0.15, 0.2) is 103 Å². The summed E-state index contributed by atoms with van der Waals surface area (Å²) in [6.45, 7) is 1.81. The van der Waals surface area contributed by atoms with Crippen molar-refractivity contribution in [3.05, 3.63) is 119 Å². The Bertz CT molecular complexity index is 1240. The molecule has 2 aliphatic rings. The molecule has 3 aromatic carbocycles. The first-order chi connectivity index (χ1) is 17.5. The number of nitrogens with zero attached hydrogens (tertiary/aromatic N) is 2. The molecule has 0 saturated carbocycles. The molecule has 1 saturated heterocycles. The van der Waals surface area contributed by atoms with E-state index in [4.69, 9.17) is 4.74 Å². The summed E-state index contributed by atoms with van der Waals surface area (Å²) >= 11 is 1.54. The van der Waals surface area contributed by atoms with Crippen molar-refractivity contribution in [1.82, 2.24) is 9.80 Å². The van der Waals surface area contributed by atoms with E-state index < -0.39 is 18.1 Å². The minimum Gasteiger partial charge on any atom is -0.448 e. The molecule has 6 nitrogen and oxygen atoms in total. The van der Waals surface area contributed by atoms with E-state index in [-0.39, 0.29) is 22.9 Å². The van der Waals surface area contributed by atoms with Crippen molar-refractivity contribution in [2.24, 2.45) is 0 Å². The third-order valence-corrected chi connectivity index (χ3v) is 7.56. The lowest BCUT2D eigenvalue weighted by molar-refractivity contribution is -0.161. The van der Waals surface area contributed by atoms with Crippen LogP contribution in [-0.4, -0.2) is 44.8 Å². The number of carbonyl (C=O) groups is 3. The Morgan fingerprint density at radius 3 is 2.06 bits per heavy atom. The number of hydrogen-bond donors (Lipinski definition) is 0. The summed E-state index contributed by atoms with van der Waals surface area (Å²) in [5.74, 6) is -0.447. The Labute approximate surface area is 214 Å². The number of ether oxygens (including phenoxy) is 1. The highest BCUT2D eigenvalue weighted by Gasteiger charge is 2.55. The molecule has 36 heavy (non-hydrogen) atoms. The summed E-state index contributed by atoms with van der Waals surface area (Å²) in [6.07, 6.45) is 1.13. The van der Waals surface area contributed by atoms with Crippen LogP contribution in [-0.2, 0) is 25.7 Å².